The number of halogens is 4. The topological polar surface area (TPSA) is 58.5 Å². The molecule has 1 fully saturated rings. The van der Waals surface area contributed by atoms with Crippen molar-refractivity contribution < 1.29 is 17.9 Å². The molecule has 24 heavy (non-hydrogen) atoms. The molecule has 0 bridgehead atoms. The van der Waals surface area contributed by atoms with E-state index >= 15 is 0 Å². The second kappa shape index (κ2) is 9.90. The van der Waals surface area contributed by atoms with Crippen LogP contribution in [0.25, 0.3) is 0 Å². The van der Waals surface area contributed by atoms with Gasteiger partial charge in [0.1, 0.15) is 0 Å². The summed E-state index contributed by atoms with van der Waals surface area (Å²) < 4.78 is 40.7. The lowest BCUT2D eigenvalue weighted by Crippen LogP contribution is -2.41. The van der Waals surface area contributed by atoms with Crippen molar-refractivity contribution in [2.75, 3.05) is 13.7 Å². The van der Waals surface area contributed by atoms with Crippen LogP contribution in [-0.2, 0) is 6.54 Å². The fourth-order valence-electron chi connectivity index (χ4n) is 2.40. The predicted molar refractivity (Wildman–Crippen MR) is 96.8 cm³/mol. The molecule has 5 nitrogen and oxygen atoms in total. The van der Waals surface area contributed by atoms with E-state index in [2.05, 4.69) is 25.3 Å². The van der Waals surface area contributed by atoms with E-state index in [1.807, 2.05) is 0 Å². The molecule has 0 aliphatic heterocycles. The van der Waals surface area contributed by atoms with Crippen molar-refractivity contribution in [2.24, 2.45) is 4.99 Å². The van der Waals surface area contributed by atoms with Crippen molar-refractivity contribution in [1.29, 1.82) is 0 Å². The van der Waals surface area contributed by atoms with Crippen molar-refractivity contribution in [3.8, 4) is 5.88 Å². The number of guanidine groups is 1. The highest BCUT2D eigenvalue weighted by atomic mass is 127. The number of ether oxygens (including phenoxy) is 1. The van der Waals surface area contributed by atoms with Gasteiger partial charge in [0.15, 0.2) is 12.6 Å². The zero-order chi connectivity index (χ0) is 16.7. The van der Waals surface area contributed by atoms with E-state index in [4.69, 9.17) is 0 Å². The summed E-state index contributed by atoms with van der Waals surface area (Å²) in [5, 5.41) is 6.52. The molecule has 9 heteroatoms. The SMILES string of the molecule is CN=C(NCc1ccc(OCC(F)(F)F)nc1)NC1CCCC1.I. The number of aromatic nitrogens is 1. The van der Waals surface area contributed by atoms with Gasteiger partial charge in [0.05, 0.1) is 0 Å². The molecule has 0 spiro atoms. The van der Waals surface area contributed by atoms with Crippen LogP contribution in [0.2, 0.25) is 0 Å². The number of nitrogens with one attached hydrogen (secondary N) is 2. The van der Waals surface area contributed by atoms with Crippen LogP contribution in [0.1, 0.15) is 31.2 Å². The Morgan fingerprint density at radius 1 is 1.33 bits per heavy atom. The average Bonchev–Trinajstić information content (AvgIpc) is 3.02. The molecule has 1 saturated carbocycles. The normalized spacial score (nSPS) is 15.8. The summed E-state index contributed by atoms with van der Waals surface area (Å²) in [4.78, 5) is 8.03. The third-order valence-corrected chi connectivity index (χ3v) is 3.56. The van der Waals surface area contributed by atoms with Crippen molar-refractivity contribution in [3.63, 3.8) is 0 Å². The molecule has 0 aromatic carbocycles. The molecule has 136 valence electrons. The van der Waals surface area contributed by atoms with E-state index in [-0.39, 0.29) is 29.9 Å². The van der Waals surface area contributed by atoms with E-state index in [0.717, 1.165) is 18.4 Å². The summed E-state index contributed by atoms with van der Waals surface area (Å²) in [7, 11) is 1.70. The lowest BCUT2D eigenvalue weighted by molar-refractivity contribution is -0.154. The summed E-state index contributed by atoms with van der Waals surface area (Å²) in [5.74, 6) is 0.675. The lowest BCUT2D eigenvalue weighted by Gasteiger charge is -2.16. The summed E-state index contributed by atoms with van der Waals surface area (Å²) >= 11 is 0. The summed E-state index contributed by atoms with van der Waals surface area (Å²) in [6.07, 6.45) is 1.89. The van der Waals surface area contributed by atoms with E-state index in [1.165, 1.54) is 25.1 Å². The Balaban J connectivity index is 0.00000288. The Morgan fingerprint density at radius 2 is 2.04 bits per heavy atom. The van der Waals surface area contributed by atoms with Gasteiger partial charge in [-0.25, -0.2) is 4.98 Å². The number of aliphatic imine (C=N–C) groups is 1. The van der Waals surface area contributed by atoms with Gasteiger partial charge in [-0.05, 0) is 18.4 Å². The van der Waals surface area contributed by atoms with Gasteiger partial charge >= 0.3 is 6.18 Å². The minimum absolute atomic E-state index is 0. The van der Waals surface area contributed by atoms with Crippen LogP contribution < -0.4 is 15.4 Å². The smallest absolute Gasteiger partial charge is 0.422 e. The molecule has 0 atom stereocenters. The maximum absolute atomic E-state index is 12.1. The standard InChI is InChI=1S/C15H21F3N4O.HI/c1-19-14(22-12-4-2-3-5-12)21-9-11-6-7-13(20-8-11)23-10-15(16,17)18;/h6-8,12H,2-5,9-10H2,1H3,(H2,19,21,22);1H. The van der Waals surface area contributed by atoms with Crippen LogP contribution >= 0.6 is 24.0 Å². The van der Waals surface area contributed by atoms with Gasteiger partial charge in [-0.2, -0.15) is 13.2 Å². The zero-order valence-corrected chi connectivity index (χ0v) is 15.7. The van der Waals surface area contributed by atoms with Gasteiger partial charge in [-0.15, -0.1) is 24.0 Å². The van der Waals surface area contributed by atoms with Gasteiger partial charge in [0.2, 0.25) is 5.88 Å². The van der Waals surface area contributed by atoms with Crippen LogP contribution in [0, 0.1) is 0 Å². The first kappa shape index (κ1) is 20.8. The van der Waals surface area contributed by atoms with Crippen molar-refractivity contribution in [1.82, 2.24) is 15.6 Å². The maximum Gasteiger partial charge on any atom is 0.422 e. The van der Waals surface area contributed by atoms with Gasteiger partial charge < -0.3 is 15.4 Å². The van der Waals surface area contributed by atoms with Crippen molar-refractivity contribution >= 4 is 29.9 Å². The van der Waals surface area contributed by atoms with Crippen LogP contribution in [0.5, 0.6) is 5.88 Å². The average molecular weight is 458 g/mol. The zero-order valence-electron chi connectivity index (χ0n) is 13.4. The predicted octanol–water partition coefficient (Wildman–Crippen LogP) is 3.25. The maximum atomic E-state index is 12.1. The largest absolute Gasteiger partial charge is 0.468 e. The monoisotopic (exact) mass is 458 g/mol. The number of rotatable bonds is 5. The first-order valence-electron chi connectivity index (χ1n) is 7.58. The Bertz CT molecular complexity index is 516. The second-order valence-electron chi connectivity index (χ2n) is 5.46. The fraction of sp³-hybridized carbons (Fsp3) is 0.600. The van der Waals surface area contributed by atoms with Gasteiger partial charge in [0, 0.05) is 31.9 Å². The lowest BCUT2D eigenvalue weighted by atomic mass is 10.2. The molecule has 1 aliphatic carbocycles. The molecule has 0 unspecified atom stereocenters. The molecule has 1 aromatic rings. The molecule has 2 N–H and O–H groups in total. The van der Waals surface area contributed by atoms with Crippen LogP contribution in [-0.4, -0.2) is 36.8 Å². The fourth-order valence-corrected chi connectivity index (χ4v) is 2.40. The third kappa shape index (κ3) is 7.54. The highest BCUT2D eigenvalue weighted by Gasteiger charge is 2.28. The van der Waals surface area contributed by atoms with Gasteiger partial charge in [-0.1, -0.05) is 18.9 Å². The molecule has 0 saturated heterocycles. The minimum atomic E-state index is -4.36. The number of alkyl halides is 3. The molecular weight excluding hydrogens is 436 g/mol. The molecule has 2 rings (SSSR count). The van der Waals surface area contributed by atoms with E-state index in [0.29, 0.717) is 18.5 Å². The van der Waals surface area contributed by atoms with Gasteiger partial charge in [0.25, 0.3) is 0 Å². The number of hydrogen-bond donors (Lipinski definition) is 2. The van der Waals surface area contributed by atoms with Crippen molar-refractivity contribution in [3.05, 3.63) is 23.9 Å². The Hall–Kier alpha value is -1.26. The second-order valence-corrected chi connectivity index (χ2v) is 5.46. The van der Waals surface area contributed by atoms with E-state index in [9.17, 15) is 13.2 Å². The first-order valence-corrected chi connectivity index (χ1v) is 7.58. The number of pyridine rings is 1. The minimum Gasteiger partial charge on any atom is -0.468 e. The highest BCUT2D eigenvalue weighted by Crippen LogP contribution is 2.18. The Morgan fingerprint density at radius 3 is 2.58 bits per heavy atom. The van der Waals surface area contributed by atoms with E-state index < -0.39 is 12.8 Å². The van der Waals surface area contributed by atoms with Gasteiger partial charge in [-0.3, -0.25) is 4.99 Å². The number of nitrogens with zero attached hydrogens (tertiary/aromatic N) is 2. The highest BCUT2D eigenvalue weighted by molar-refractivity contribution is 14.0. The van der Waals surface area contributed by atoms with Crippen LogP contribution in [0.3, 0.4) is 0 Å². The molecule has 0 amide bonds. The summed E-state index contributed by atoms with van der Waals surface area (Å²) in [6.45, 7) is -0.853. The third-order valence-electron chi connectivity index (χ3n) is 3.56. The Kier molecular flexibility index (Phi) is 8.57. The molecule has 1 aromatic heterocycles. The Labute approximate surface area is 156 Å². The summed E-state index contributed by atoms with van der Waals surface area (Å²) in [5.41, 5.74) is 0.832. The first-order chi connectivity index (χ1) is 11.0. The number of hydrogen-bond acceptors (Lipinski definition) is 3. The molecule has 0 radical (unpaired) electrons. The summed E-state index contributed by atoms with van der Waals surface area (Å²) in [6, 6.07) is 3.56. The quantitative estimate of drug-likeness (QED) is 0.404. The molecule has 1 aliphatic rings. The molecular formula is C15H22F3IN4O. The van der Waals surface area contributed by atoms with Crippen LogP contribution in [0.4, 0.5) is 13.2 Å². The van der Waals surface area contributed by atoms with Crippen LogP contribution in [0.15, 0.2) is 23.3 Å². The van der Waals surface area contributed by atoms with E-state index in [1.54, 1.807) is 13.1 Å². The molecule has 1 heterocycles. The van der Waals surface area contributed by atoms with Crippen molar-refractivity contribution in [2.45, 2.75) is 44.4 Å².